The molecule has 0 aromatic carbocycles. The number of thiazole rings is 1. The van der Waals surface area contributed by atoms with E-state index in [1.807, 2.05) is 20.0 Å². The van der Waals surface area contributed by atoms with Gasteiger partial charge in [-0.15, -0.1) is 11.3 Å². The van der Waals surface area contributed by atoms with E-state index >= 15 is 0 Å². The Hall–Kier alpha value is -1.83. The maximum atomic E-state index is 5.17. The molecule has 0 fully saturated rings. The Morgan fingerprint density at radius 1 is 1.29 bits per heavy atom. The van der Waals surface area contributed by atoms with Crippen molar-refractivity contribution in [2.75, 3.05) is 19.0 Å². The number of rotatable bonds is 6. The molecule has 3 aromatic heterocycles. The quantitative estimate of drug-likeness (QED) is 0.706. The van der Waals surface area contributed by atoms with Gasteiger partial charge in [-0.1, -0.05) is 0 Å². The Morgan fingerprint density at radius 3 is 2.75 bits per heavy atom. The lowest BCUT2D eigenvalue weighted by Crippen LogP contribution is -2.22. The number of ether oxygens (including phenoxy) is 1. The first kappa shape index (κ1) is 17.0. The first-order chi connectivity index (χ1) is 11.6. The molecule has 0 spiro atoms. The molecule has 1 N–H and O–H groups in total. The second kappa shape index (κ2) is 7.38. The minimum atomic E-state index is 0.134. The number of nitrogens with zero attached hydrogens (tertiary/aromatic N) is 3. The fourth-order valence-corrected chi connectivity index (χ4v) is 3.90. The van der Waals surface area contributed by atoms with Crippen LogP contribution >= 0.6 is 22.7 Å². The van der Waals surface area contributed by atoms with Gasteiger partial charge in [-0.2, -0.15) is 11.3 Å². The van der Waals surface area contributed by atoms with Crippen molar-refractivity contribution in [3.8, 4) is 21.8 Å². The maximum absolute atomic E-state index is 5.17. The Labute approximate surface area is 149 Å². The number of methoxy groups -OCH3 is 1. The number of nitrogens with one attached hydrogen (secondary N) is 1. The van der Waals surface area contributed by atoms with Crippen LogP contribution < -0.4 is 5.32 Å². The zero-order chi connectivity index (χ0) is 17.1. The van der Waals surface area contributed by atoms with Crippen LogP contribution in [0, 0.1) is 13.8 Å². The summed E-state index contributed by atoms with van der Waals surface area (Å²) < 4.78 is 5.17. The van der Waals surface area contributed by atoms with Gasteiger partial charge in [-0.25, -0.2) is 15.0 Å². The average molecular weight is 361 g/mol. The molecule has 0 bridgehead atoms. The third-order valence-corrected chi connectivity index (χ3v) is 5.41. The van der Waals surface area contributed by atoms with Crippen LogP contribution in [0.5, 0.6) is 0 Å². The average Bonchev–Trinajstić information content (AvgIpc) is 3.18. The van der Waals surface area contributed by atoms with Crippen LogP contribution in [-0.4, -0.2) is 34.7 Å². The predicted octanol–water partition coefficient (Wildman–Crippen LogP) is 4.39. The van der Waals surface area contributed by atoms with Gasteiger partial charge in [0.25, 0.3) is 0 Å². The third-order valence-electron chi connectivity index (χ3n) is 3.64. The Bertz CT molecular complexity index is 795. The van der Waals surface area contributed by atoms with Crippen LogP contribution in [0.2, 0.25) is 0 Å². The molecule has 0 aliphatic carbocycles. The summed E-state index contributed by atoms with van der Waals surface area (Å²) in [5.41, 5.74) is 4.05. The monoisotopic (exact) mass is 360 g/mol. The Balaban J connectivity index is 2.04. The van der Waals surface area contributed by atoms with E-state index in [0.29, 0.717) is 12.6 Å². The summed E-state index contributed by atoms with van der Waals surface area (Å²) in [6.07, 6.45) is 1.87. The number of hydrogen-bond acceptors (Lipinski definition) is 7. The zero-order valence-electron chi connectivity index (χ0n) is 14.2. The van der Waals surface area contributed by atoms with Crippen molar-refractivity contribution in [2.45, 2.75) is 26.8 Å². The predicted molar refractivity (Wildman–Crippen MR) is 101 cm³/mol. The first-order valence-corrected chi connectivity index (χ1v) is 9.44. The highest BCUT2D eigenvalue weighted by atomic mass is 32.1. The normalized spacial score (nSPS) is 12.3. The number of anilines is 1. The standard InChI is InChI=1S/C17H20N4OS2/c1-10(8-22-4)19-17-18-7-14(13-5-6-23-9-13)15(21-17)16-20-11(2)12(3)24-16/h5-7,9-10H,8H2,1-4H3,(H,18,19,21). The van der Waals surface area contributed by atoms with E-state index in [1.54, 1.807) is 29.8 Å². The topological polar surface area (TPSA) is 59.9 Å². The minimum absolute atomic E-state index is 0.134. The van der Waals surface area contributed by atoms with Gasteiger partial charge in [0.05, 0.1) is 12.3 Å². The molecule has 7 heteroatoms. The summed E-state index contributed by atoms with van der Waals surface area (Å²) in [6, 6.07) is 2.22. The highest BCUT2D eigenvalue weighted by molar-refractivity contribution is 7.15. The summed E-state index contributed by atoms with van der Waals surface area (Å²) in [4.78, 5) is 15.1. The molecular weight excluding hydrogens is 340 g/mol. The largest absolute Gasteiger partial charge is 0.383 e. The van der Waals surface area contributed by atoms with Crippen molar-refractivity contribution >= 4 is 28.6 Å². The Morgan fingerprint density at radius 2 is 2.12 bits per heavy atom. The van der Waals surface area contributed by atoms with E-state index in [4.69, 9.17) is 9.72 Å². The second-order valence-electron chi connectivity index (χ2n) is 5.63. The van der Waals surface area contributed by atoms with E-state index in [0.717, 1.165) is 27.5 Å². The highest BCUT2D eigenvalue weighted by Crippen LogP contribution is 2.35. The van der Waals surface area contributed by atoms with Crippen LogP contribution in [0.15, 0.2) is 23.0 Å². The van der Waals surface area contributed by atoms with Crippen molar-refractivity contribution in [1.82, 2.24) is 15.0 Å². The summed E-state index contributed by atoms with van der Waals surface area (Å²) in [7, 11) is 1.69. The highest BCUT2D eigenvalue weighted by Gasteiger charge is 2.17. The van der Waals surface area contributed by atoms with Gasteiger partial charge in [-0.3, -0.25) is 0 Å². The molecule has 3 rings (SSSR count). The van der Waals surface area contributed by atoms with Crippen LogP contribution in [0.4, 0.5) is 5.95 Å². The van der Waals surface area contributed by atoms with Gasteiger partial charge >= 0.3 is 0 Å². The molecule has 126 valence electrons. The number of thiophene rings is 1. The first-order valence-electron chi connectivity index (χ1n) is 7.68. The second-order valence-corrected chi connectivity index (χ2v) is 7.61. The third kappa shape index (κ3) is 3.63. The van der Waals surface area contributed by atoms with Gasteiger partial charge in [0, 0.05) is 29.8 Å². The molecule has 1 unspecified atom stereocenters. The number of aryl methyl sites for hydroxylation is 2. The lowest BCUT2D eigenvalue weighted by atomic mass is 10.1. The summed E-state index contributed by atoms with van der Waals surface area (Å²) in [5.74, 6) is 0.596. The molecule has 5 nitrogen and oxygen atoms in total. The molecular formula is C17H20N4OS2. The number of aromatic nitrogens is 3. The lowest BCUT2D eigenvalue weighted by molar-refractivity contribution is 0.190. The van der Waals surface area contributed by atoms with Crippen LogP contribution in [0.25, 0.3) is 21.8 Å². The van der Waals surface area contributed by atoms with E-state index in [-0.39, 0.29) is 6.04 Å². The molecule has 0 saturated carbocycles. The van der Waals surface area contributed by atoms with Gasteiger partial charge in [0.2, 0.25) is 5.95 Å². The van der Waals surface area contributed by atoms with Crippen LogP contribution in [0.1, 0.15) is 17.5 Å². The van der Waals surface area contributed by atoms with E-state index in [2.05, 4.69) is 39.0 Å². The Kier molecular flexibility index (Phi) is 5.23. The smallest absolute Gasteiger partial charge is 0.223 e. The van der Waals surface area contributed by atoms with Crippen molar-refractivity contribution in [3.63, 3.8) is 0 Å². The van der Waals surface area contributed by atoms with Gasteiger partial charge < -0.3 is 10.1 Å². The fourth-order valence-electron chi connectivity index (χ4n) is 2.33. The molecule has 0 saturated heterocycles. The molecule has 0 aliphatic heterocycles. The molecule has 0 amide bonds. The van der Waals surface area contributed by atoms with Crippen molar-refractivity contribution in [3.05, 3.63) is 33.6 Å². The van der Waals surface area contributed by atoms with E-state index in [9.17, 15) is 0 Å². The molecule has 3 aromatic rings. The minimum Gasteiger partial charge on any atom is -0.383 e. The van der Waals surface area contributed by atoms with Gasteiger partial charge in [-0.05, 0) is 43.2 Å². The summed E-state index contributed by atoms with van der Waals surface area (Å²) in [5, 5.41) is 8.37. The number of hydrogen-bond donors (Lipinski definition) is 1. The van der Waals surface area contributed by atoms with E-state index < -0.39 is 0 Å². The van der Waals surface area contributed by atoms with Crippen LogP contribution in [0.3, 0.4) is 0 Å². The zero-order valence-corrected chi connectivity index (χ0v) is 15.8. The lowest BCUT2D eigenvalue weighted by Gasteiger charge is -2.14. The molecule has 1 atom stereocenters. The van der Waals surface area contributed by atoms with Gasteiger partial charge in [0.1, 0.15) is 10.7 Å². The van der Waals surface area contributed by atoms with Crippen LogP contribution in [-0.2, 0) is 4.74 Å². The maximum Gasteiger partial charge on any atom is 0.223 e. The summed E-state index contributed by atoms with van der Waals surface area (Å²) >= 11 is 3.33. The van der Waals surface area contributed by atoms with Crippen molar-refractivity contribution in [2.24, 2.45) is 0 Å². The van der Waals surface area contributed by atoms with Gasteiger partial charge in [0.15, 0.2) is 0 Å². The fraction of sp³-hybridized carbons (Fsp3) is 0.353. The molecule has 0 aliphatic rings. The van der Waals surface area contributed by atoms with Crippen molar-refractivity contribution in [1.29, 1.82) is 0 Å². The van der Waals surface area contributed by atoms with E-state index in [1.165, 1.54) is 4.88 Å². The van der Waals surface area contributed by atoms with Crippen molar-refractivity contribution < 1.29 is 4.74 Å². The molecule has 0 radical (unpaired) electrons. The molecule has 24 heavy (non-hydrogen) atoms. The molecule has 3 heterocycles. The summed E-state index contributed by atoms with van der Waals surface area (Å²) in [6.45, 7) is 6.75. The SMILES string of the molecule is COCC(C)Nc1ncc(-c2ccsc2)c(-c2nc(C)c(C)s2)n1.